The summed E-state index contributed by atoms with van der Waals surface area (Å²) in [6.07, 6.45) is 0. The highest BCUT2D eigenvalue weighted by Gasteiger charge is 2.55. The summed E-state index contributed by atoms with van der Waals surface area (Å²) in [7, 11) is 9.95. The molecule has 2 radical (unpaired) electrons. The summed E-state index contributed by atoms with van der Waals surface area (Å²) >= 11 is 0. The van der Waals surface area contributed by atoms with Crippen molar-refractivity contribution in [3.8, 4) is 0 Å². The Morgan fingerprint density at radius 1 is 1.30 bits per heavy atom. The van der Waals surface area contributed by atoms with E-state index < -0.39 is 0 Å². The predicted octanol–water partition coefficient (Wildman–Crippen LogP) is -0.438. The van der Waals surface area contributed by atoms with Gasteiger partial charge in [-0.25, -0.2) is 0 Å². The molecule has 10 heavy (non-hydrogen) atoms. The van der Waals surface area contributed by atoms with Crippen LogP contribution in [-0.4, -0.2) is 50.9 Å². The van der Waals surface area contributed by atoms with E-state index in [0.29, 0.717) is 0 Å². The van der Waals surface area contributed by atoms with E-state index in [1.165, 1.54) is 0 Å². The smallest absolute Gasteiger partial charge is 0.182 e. The molecule has 0 spiro atoms. The lowest BCUT2D eigenvalue weighted by Crippen LogP contribution is -2.28. The molecule has 1 aliphatic heterocycles. The average Bonchev–Trinajstić information content (AvgIpc) is 2.32. The fourth-order valence-electron chi connectivity index (χ4n) is 2.29. The molecule has 0 amide bonds. The Morgan fingerprint density at radius 3 is 2.20 bits per heavy atom. The zero-order valence-corrected chi connectivity index (χ0v) is 6.62. The second-order valence-corrected chi connectivity index (χ2v) is 3.74. The maximum Gasteiger partial charge on any atom is 0.182 e. The molecule has 2 nitrogen and oxygen atoms in total. The Kier molecular flexibility index (Phi) is 1.33. The topological polar surface area (TPSA) is 6.48 Å². The van der Waals surface area contributed by atoms with Crippen LogP contribution in [0.1, 0.15) is 0 Å². The number of fused-ring (bicyclic) bond motifs is 1. The Morgan fingerprint density at radius 2 is 1.80 bits per heavy atom. The van der Waals surface area contributed by atoms with Gasteiger partial charge in [-0.15, -0.1) is 0 Å². The number of nitrogens with zero attached hydrogens (tertiary/aromatic N) is 2. The molecular formula is C7H13BN2. The van der Waals surface area contributed by atoms with Crippen LogP contribution in [0.15, 0.2) is 0 Å². The summed E-state index contributed by atoms with van der Waals surface area (Å²) < 4.78 is 0. The maximum atomic E-state index is 5.63. The molecule has 0 aromatic heterocycles. The van der Waals surface area contributed by atoms with E-state index in [0.717, 1.165) is 31.0 Å². The van der Waals surface area contributed by atoms with Crippen molar-refractivity contribution >= 4 is 7.98 Å². The first-order valence-corrected chi connectivity index (χ1v) is 3.86. The first-order chi connectivity index (χ1) is 4.70. The van der Waals surface area contributed by atoms with Crippen LogP contribution in [0.25, 0.3) is 0 Å². The second-order valence-electron chi connectivity index (χ2n) is 3.74. The van der Waals surface area contributed by atoms with Gasteiger partial charge in [0.05, 0.1) is 0 Å². The van der Waals surface area contributed by atoms with Gasteiger partial charge in [0.25, 0.3) is 0 Å². The van der Waals surface area contributed by atoms with Crippen LogP contribution in [0, 0.1) is 11.8 Å². The summed E-state index contributed by atoms with van der Waals surface area (Å²) in [5.74, 6) is 1.75. The summed E-state index contributed by atoms with van der Waals surface area (Å²) in [4.78, 5) is 4.26. The molecule has 1 saturated carbocycles. The highest BCUT2D eigenvalue weighted by Crippen LogP contribution is 2.47. The molecule has 1 unspecified atom stereocenters. The highest BCUT2D eigenvalue weighted by atomic mass is 15.2. The van der Waals surface area contributed by atoms with Gasteiger partial charge < -0.3 is 9.71 Å². The van der Waals surface area contributed by atoms with Crippen LogP contribution in [0.4, 0.5) is 0 Å². The number of piperidine rings is 1. The van der Waals surface area contributed by atoms with Gasteiger partial charge in [0, 0.05) is 6.04 Å². The first-order valence-electron chi connectivity index (χ1n) is 3.86. The Bertz CT molecular complexity index is 137. The van der Waals surface area contributed by atoms with Crippen molar-refractivity contribution in [1.29, 1.82) is 0 Å². The van der Waals surface area contributed by atoms with E-state index in [2.05, 4.69) is 19.0 Å². The molecule has 2 aliphatic rings. The highest BCUT2D eigenvalue weighted by molar-refractivity contribution is 6.04. The second kappa shape index (κ2) is 1.99. The molecule has 3 heteroatoms. The molecular weight excluding hydrogens is 123 g/mol. The van der Waals surface area contributed by atoms with Crippen LogP contribution >= 0.6 is 0 Å². The lowest BCUT2D eigenvalue weighted by molar-refractivity contribution is 0.320. The molecule has 1 saturated heterocycles. The van der Waals surface area contributed by atoms with Gasteiger partial charge in [-0.05, 0) is 39.0 Å². The van der Waals surface area contributed by atoms with Crippen LogP contribution in [0.2, 0.25) is 0 Å². The van der Waals surface area contributed by atoms with Crippen LogP contribution in [0.3, 0.4) is 0 Å². The lowest BCUT2D eigenvalue weighted by Gasteiger charge is -2.17. The van der Waals surface area contributed by atoms with Crippen molar-refractivity contribution in [2.45, 2.75) is 6.04 Å². The monoisotopic (exact) mass is 136 g/mol. The van der Waals surface area contributed by atoms with Crippen molar-refractivity contribution in [2.75, 3.05) is 27.2 Å². The zero-order chi connectivity index (χ0) is 7.30. The van der Waals surface area contributed by atoms with Gasteiger partial charge in [0.1, 0.15) is 0 Å². The van der Waals surface area contributed by atoms with Gasteiger partial charge in [0.2, 0.25) is 0 Å². The van der Waals surface area contributed by atoms with E-state index in [-0.39, 0.29) is 0 Å². The summed E-state index contributed by atoms with van der Waals surface area (Å²) in [6, 6.07) is 0.833. The van der Waals surface area contributed by atoms with E-state index >= 15 is 0 Å². The Labute approximate surface area is 63.6 Å². The quantitative estimate of drug-likeness (QED) is 0.451. The molecule has 0 aromatic rings. The van der Waals surface area contributed by atoms with E-state index in [9.17, 15) is 0 Å². The molecule has 3 atom stereocenters. The number of rotatable bonds is 1. The SMILES string of the molecule is [B]N1C[C@@H]2C(N(C)C)[C@@H]2C1. The third kappa shape index (κ3) is 0.806. The summed E-state index contributed by atoms with van der Waals surface area (Å²) in [5, 5.41) is 0. The average molecular weight is 136 g/mol. The third-order valence-electron chi connectivity index (χ3n) is 2.77. The van der Waals surface area contributed by atoms with Gasteiger partial charge in [-0.2, -0.15) is 0 Å². The Balaban J connectivity index is 1.92. The van der Waals surface area contributed by atoms with Gasteiger partial charge in [-0.3, -0.25) is 0 Å². The fraction of sp³-hybridized carbons (Fsp3) is 1.00. The van der Waals surface area contributed by atoms with E-state index in [1.807, 2.05) is 4.81 Å². The number of hydrogen-bond acceptors (Lipinski definition) is 2. The molecule has 1 aliphatic carbocycles. The van der Waals surface area contributed by atoms with Gasteiger partial charge in [0.15, 0.2) is 7.98 Å². The molecule has 0 bridgehead atoms. The van der Waals surface area contributed by atoms with Crippen LogP contribution in [0.5, 0.6) is 0 Å². The Hall–Kier alpha value is -0.0151. The van der Waals surface area contributed by atoms with E-state index in [1.54, 1.807) is 0 Å². The molecule has 0 N–H and O–H groups in total. The third-order valence-corrected chi connectivity index (χ3v) is 2.77. The van der Waals surface area contributed by atoms with Gasteiger partial charge >= 0.3 is 0 Å². The normalized spacial score (nSPS) is 46.1. The molecule has 2 rings (SSSR count). The minimum Gasteiger partial charge on any atom is -0.353 e. The minimum absolute atomic E-state index is 0.833. The zero-order valence-electron chi connectivity index (χ0n) is 6.62. The van der Waals surface area contributed by atoms with Crippen molar-refractivity contribution < 1.29 is 0 Å². The van der Waals surface area contributed by atoms with Crippen LogP contribution < -0.4 is 0 Å². The van der Waals surface area contributed by atoms with Crippen molar-refractivity contribution in [2.24, 2.45) is 11.8 Å². The largest absolute Gasteiger partial charge is 0.353 e. The van der Waals surface area contributed by atoms with Gasteiger partial charge in [-0.1, -0.05) is 0 Å². The first kappa shape index (κ1) is 6.68. The standard InChI is InChI=1S/C7H13BN2/c1-9(2)7-5-3-10(8)4-6(5)7/h5-7H,3-4H2,1-2H3/t5-,6+,7?. The van der Waals surface area contributed by atoms with E-state index in [4.69, 9.17) is 7.98 Å². The summed E-state index contributed by atoms with van der Waals surface area (Å²) in [6.45, 7) is 2.21. The predicted molar refractivity (Wildman–Crippen MR) is 41.8 cm³/mol. The fourth-order valence-corrected chi connectivity index (χ4v) is 2.29. The molecule has 54 valence electrons. The minimum atomic E-state index is 0.833. The maximum absolute atomic E-state index is 5.63. The van der Waals surface area contributed by atoms with Crippen molar-refractivity contribution in [1.82, 2.24) is 9.71 Å². The lowest BCUT2D eigenvalue weighted by atomic mass is 10.2. The number of hydrogen-bond donors (Lipinski definition) is 0. The van der Waals surface area contributed by atoms with Crippen LogP contribution in [-0.2, 0) is 0 Å². The van der Waals surface area contributed by atoms with Crippen molar-refractivity contribution in [3.63, 3.8) is 0 Å². The molecule has 0 aromatic carbocycles. The van der Waals surface area contributed by atoms with Crippen molar-refractivity contribution in [3.05, 3.63) is 0 Å². The molecule has 2 fully saturated rings. The molecule has 1 heterocycles. The summed E-state index contributed by atoms with van der Waals surface area (Å²) in [5.41, 5.74) is 0.